The Morgan fingerprint density at radius 3 is 2.19 bits per heavy atom. The highest BCUT2D eigenvalue weighted by atomic mass is 16.2. The molecule has 1 heterocycles. The molecule has 2 aromatic carbocycles. The Hall–Kier alpha value is -3.74. The zero-order chi connectivity index (χ0) is 19.1. The highest BCUT2D eigenvalue weighted by Gasteiger charge is 2.08. The molecule has 7 nitrogen and oxygen atoms in total. The summed E-state index contributed by atoms with van der Waals surface area (Å²) in [7, 11) is 0. The minimum Gasteiger partial charge on any atom is -0.347 e. The molecular formula is C20H19N5O2. The summed E-state index contributed by atoms with van der Waals surface area (Å²) in [5.41, 5.74) is 2.77. The van der Waals surface area contributed by atoms with Gasteiger partial charge in [-0.2, -0.15) is 0 Å². The lowest BCUT2D eigenvalue weighted by molar-refractivity contribution is -0.114. The van der Waals surface area contributed by atoms with E-state index in [0.29, 0.717) is 18.1 Å². The van der Waals surface area contributed by atoms with Crippen LogP contribution in [0.5, 0.6) is 0 Å². The molecular weight excluding hydrogens is 342 g/mol. The Balaban J connectivity index is 1.56. The molecule has 136 valence electrons. The molecule has 0 saturated heterocycles. The van der Waals surface area contributed by atoms with Gasteiger partial charge in [-0.3, -0.25) is 9.59 Å². The van der Waals surface area contributed by atoms with E-state index < -0.39 is 0 Å². The first-order valence-electron chi connectivity index (χ1n) is 8.41. The van der Waals surface area contributed by atoms with Crippen LogP contribution in [-0.4, -0.2) is 22.0 Å². The maximum absolute atomic E-state index is 12.1. The van der Waals surface area contributed by atoms with Gasteiger partial charge in [-0.1, -0.05) is 30.3 Å². The van der Waals surface area contributed by atoms with Crippen molar-refractivity contribution in [3.05, 3.63) is 78.0 Å². The van der Waals surface area contributed by atoms with Gasteiger partial charge in [0.15, 0.2) is 11.5 Å². The number of nitrogens with zero attached hydrogens (tertiary/aromatic N) is 2. The lowest BCUT2D eigenvalue weighted by Gasteiger charge is -2.08. The molecule has 0 radical (unpaired) electrons. The molecule has 0 aliphatic carbocycles. The first kappa shape index (κ1) is 18.1. The number of hydrogen-bond donors (Lipinski definition) is 3. The average molecular weight is 361 g/mol. The number of hydrogen-bond acceptors (Lipinski definition) is 5. The Bertz CT molecular complexity index is 909. The summed E-state index contributed by atoms with van der Waals surface area (Å²) in [4.78, 5) is 23.2. The van der Waals surface area contributed by atoms with Gasteiger partial charge < -0.3 is 16.0 Å². The number of benzene rings is 2. The zero-order valence-corrected chi connectivity index (χ0v) is 14.8. The number of amides is 2. The summed E-state index contributed by atoms with van der Waals surface area (Å²) >= 11 is 0. The van der Waals surface area contributed by atoms with Crippen molar-refractivity contribution in [1.29, 1.82) is 0 Å². The van der Waals surface area contributed by atoms with Gasteiger partial charge in [-0.15, -0.1) is 10.2 Å². The van der Waals surface area contributed by atoms with Crippen molar-refractivity contribution in [2.75, 3.05) is 10.6 Å². The standard InChI is InChI=1S/C20H19N5O2/c1-14(26)22-16-7-9-17(10-8-16)23-19-12-11-18(24-25-19)20(27)21-13-15-5-3-2-4-6-15/h2-12H,13H2,1H3,(H,21,27)(H,22,26)(H,23,25). The molecule has 3 aromatic rings. The van der Waals surface area contributed by atoms with Crippen molar-refractivity contribution in [3.63, 3.8) is 0 Å². The molecule has 3 rings (SSSR count). The number of nitrogens with one attached hydrogen (secondary N) is 3. The van der Waals surface area contributed by atoms with Gasteiger partial charge in [0.05, 0.1) is 0 Å². The van der Waals surface area contributed by atoms with Gasteiger partial charge in [0.2, 0.25) is 5.91 Å². The predicted molar refractivity (Wildman–Crippen MR) is 104 cm³/mol. The molecule has 2 amide bonds. The van der Waals surface area contributed by atoms with Crippen molar-refractivity contribution in [2.45, 2.75) is 13.5 Å². The number of carbonyl (C=O) groups excluding carboxylic acids is 2. The van der Waals surface area contributed by atoms with E-state index in [2.05, 4.69) is 26.1 Å². The van der Waals surface area contributed by atoms with Gasteiger partial charge in [0.1, 0.15) is 0 Å². The Labute approximate surface area is 156 Å². The van der Waals surface area contributed by atoms with Crippen LogP contribution in [0.15, 0.2) is 66.7 Å². The lowest BCUT2D eigenvalue weighted by Crippen LogP contribution is -2.24. The van der Waals surface area contributed by atoms with Crippen molar-refractivity contribution in [1.82, 2.24) is 15.5 Å². The van der Waals surface area contributed by atoms with Crippen LogP contribution in [0.25, 0.3) is 0 Å². The summed E-state index contributed by atoms with van der Waals surface area (Å²) in [6.45, 7) is 1.89. The van der Waals surface area contributed by atoms with E-state index in [4.69, 9.17) is 0 Å². The molecule has 0 spiro atoms. The van der Waals surface area contributed by atoms with Crippen molar-refractivity contribution < 1.29 is 9.59 Å². The molecule has 0 saturated carbocycles. The first-order valence-corrected chi connectivity index (χ1v) is 8.41. The van der Waals surface area contributed by atoms with Gasteiger partial charge in [-0.25, -0.2) is 0 Å². The van der Waals surface area contributed by atoms with Gasteiger partial charge in [0.25, 0.3) is 5.91 Å². The monoisotopic (exact) mass is 361 g/mol. The van der Waals surface area contributed by atoms with Crippen LogP contribution in [-0.2, 0) is 11.3 Å². The van der Waals surface area contributed by atoms with Crippen LogP contribution < -0.4 is 16.0 Å². The fourth-order valence-corrected chi connectivity index (χ4v) is 2.38. The summed E-state index contributed by atoms with van der Waals surface area (Å²) in [6.07, 6.45) is 0. The third-order valence-corrected chi connectivity index (χ3v) is 3.67. The average Bonchev–Trinajstić information content (AvgIpc) is 2.69. The van der Waals surface area contributed by atoms with Crippen LogP contribution >= 0.6 is 0 Å². The number of carbonyl (C=O) groups is 2. The molecule has 0 bridgehead atoms. The van der Waals surface area contributed by atoms with Crippen LogP contribution in [0.2, 0.25) is 0 Å². The van der Waals surface area contributed by atoms with E-state index in [1.807, 2.05) is 42.5 Å². The fourth-order valence-electron chi connectivity index (χ4n) is 2.38. The van der Waals surface area contributed by atoms with Crippen LogP contribution in [0.4, 0.5) is 17.2 Å². The van der Waals surface area contributed by atoms with E-state index in [-0.39, 0.29) is 17.5 Å². The Kier molecular flexibility index (Phi) is 5.73. The van der Waals surface area contributed by atoms with E-state index in [1.165, 1.54) is 6.92 Å². The number of anilines is 3. The molecule has 0 unspecified atom stereocenters. The second-order valence-electron chi connectivity index (χ2n) is 5.86. The van der Waals surface area contributed by atoms with E-state index >= 15 is 0 Å². The SMILES string of the molecule is CC(=O)Nc1ccc(Nc2ccc(C(=O)NCc3ccccc3)nn2)cc1. The van der Waals surface area contributed by atoms with E-state index in [9.17, 15) is 9.59 Å². The summed E-state index contributed by atoms with van der Waals surface area (Å²) < 4.78 is 0. The third kappa shape index (κ3) is 5.37. The Morgan fingerprint density at radius 1 is 0.852 bits per heavy atom. The molecule has 0 aliphatic rings. The van der Waals surface area contributed by atoms with E-state index in [0.717, 1.165) is 11.3 Å². The highest BCUT2D eigenvalue weighted by molar-refractivity contribution is 5.92. The first-order chi connectivity index (χ1) is 13.1. The summed E-state index contributed by atoms with van der Waals surface area (Å²) in [6, 6.07) is 20.1. The molecule has 3 N–H and O–H groups in total. The van der Waals surface area contributed by atoms with E-state index in [1.54, 1.807) is 24.3 Å². The van der Waals surface area contributed by atoms with Crippen molar-refractivity contribution in [2.24, 2.45) is 0 Å². The summed E-state index contributed by atoms with van der Waals surface area (Å²) in [5, 5.41) is 16.6. The normalized spacial score (nSPS) is 10.1. The predicted octanol–water partition coefficient (Wildman–Crippen LogP) is 3.11. The quantitative estimate of drug-likeness (QED) is 0.627. The zero-order valence-electron chi connectivity index (χ0n) is 14.8. The minimum absolute atomic E-state index is 0.122. The fraction of sp³-hybridized carbons (Fsp3) is 0.100. The number of aromatic nitrogens is 2. The molecule has 0 fully saturated rings. The van der Waals surface area contributed by atoms with Crippen LogP contribution in [0.1, 0.15) is 23.0 Å². The third-order valence-electron chi connectivity index (χ3n) is 3.67. The van der Waals surface area contributed by atoms with Crippen LogP contribution in [0, 0.1) is 0 Å². The lowest BCUT2D eigenvalue weighted by atomic mass is 10.2. The molecule has 27 heavy (non-hydrogen) atoms. The van der Waals surface area contributed by atoms with Gasteiger partial charge in [-0.05, 0) is 42.0 Å². The smallest absolute Gasteiger partial charge is 0.272 e. The molecule has 7 heteroatoms. The molecule has 0 atom stereocenters. The largest absolute Gasteiger partial charge is 0.347 e. The molecule has 0 aliphatic heterocycles. The van der Waals surface area contributed by atoms with Gasteiger partial charge in [0, 0.05) is 24.8 Å². The van der Waals surface area contributed by atoms with Crippen LogP contribution in [0.3, 0.4) is 0 Å². The topological polar surface area (TPSA) is 96.0 Å². The second kappa shape index (κ2) is 8.57. The molecule has 1 aromatic heterocycles. The second-order valence-corrected chi connectivity index (χ2v) is 5.86. The minimum atomic E-state index is -0.280. The highest BCUT2D eigenvalue weighted by Crippen LogP contribution is 2.17. The summed E-state index contributed by atoms with van der Waals surface area (Å²) in [5.74, 6) is 0.113. The number of rotatable bonds is 6. The van der Waals surface area contributed by atoms with Crippen molar-refractivity contribution >= 4 is 29.0 Å². The maximum Gasteiger partial charge on any atom is 0.272 e. The van der Waals surface area contributed by atoms with Crippen molar-refractivity contribution in [3.8, 4) is 0 Å². The van der Waals surface area contributed by atoms with Gasteiger partial charge >= 0.3 is 0 Å². The Morgan fingerprint density at radius 2 is 1.56 bits per heavy atom. The maximum atomic E-state index is 12.1.